The maximum atomic E-state index is 5.80. The van der Waals surface area contributed by atoms with Crippen LogP contribution < -0.4 is 15.8 Å². The van der Waals surface area contributed by atoms with E-state index in [1.54, 1.807) is 0 Å². The highest BCUT2D eigenvalue weighted by Gasteiger charge is 2.13. The Morgan fingerprint density at radius 3 is 2.94 bits per heavy atom. The molecule has 5 heteroatoms. The highest BCUT2D eigenvalue weighted by atomic mass is 32.2. The Labute approximate surface area is 113 Å². The Morgan fingerprint density at radius 1 is 1.44 bits per heavy atom. The number of nitrogens with two attached hydrogens (primary N) is 1. The van der Waals surface area contributed by atoms with Gasteiger partial charge >= 0.3 is 0 Å². The summed E-state index contributed by atoms with van der Waals surface area (Å²) >= 11 is 2.05. The first-order valence-corrected chi connectivity index (χ1v) is 7.66. The van der Waals surface area contributed by atoms with Gasteiger partial charge in [-0.3, -0.25) is 0 Å². The van der Waals surface area contributed by atoms with Gasteiger partial charge in [-0.15, -0.1) is 0 Å². The maximum Gasteiger partial charge on any atom is 0.239 e. The molecule has 1 aliphatic rings. The lowest BCUT2D eigenvalue weighted by molar-refractivity contribution is 0.329. The van der Waals surface area contributed by atoms with Gasteiger partial charge in [0, 0.05) is 6.54 Å². The molecule has 0 radical (unpaired) electrons. The van der Waals surface area contributed by atoms with Gasteiger partial charge in [-0.25, -0.2) is 0 Å². The van der Waals surface area contributed by atoms with E-state index in [0.29, 0.717) is 18.2 Å². The summed E-state index contributed by atoms with van der Waals surface area (Å²) in [4.78, 5) is 4.38. The minimum atomic E-state index is 0.529. The predicted molar refractivity (Wildman–Crippen MR) is 78.4 cm³/mol. The summed E-state index contributed by atoms with van der Waals surface area (Å²) in [5, 5.41) is 3.38. The molecule has 2 heterocycles. The summed E-state index contributed by atoms with van der Waals surface area (Å²) in [7, 11) is 0. The van der Waals surface area contributed by atoms with Crippen LogP contribution in [0.1, 0.15) is 19.8 Å². The number of thioether (sulfide) groups is 1. The van der Waals surface area contributed by atoms with Crippen LogP contribution in [0.4, 0.5) is 11.5 Å². The number of hydrogen-bond donors (Lipinski definition) is 2. The van der Waals surface area contributed by atoms with Crippen molar-refractivity contribution in [2.75, 3.05) is 35.7 Å². The first kappa shape index (κ1) is 13.3. The zero-order valence-corrected chi connectivity index (χ0v) is 11.6. The van der Waals surface area contributed by atoms with Crippen molar-refractivity contribution in [2.45, 2.75) is 19.8 Å². The predicted octanol–water partition coefficient (Wildman–Crippen LogP) is 2.62. The largest absolute Gasteiger partial charge is 0.476 e. The number of nitrogen functional groups attached to an aromatic ring is 1. The van der Waals surface area contributed by atoms with Crippen LogP contribution >= 0.6 is 11.8 Å². The van der Waals surface area contributed by atoms with Crippen molar-refractivity contribution in [1.29, 1.82) is 0 Å². The molecule has 4 nitrogen and oxygen atoms in total. The molecular formula is C13H21N3OS. The van der Waals surface area contributed by atoms with E-state index in [9.17, 15) is 0 Å². The summed E-state index contributed by atoms with van der Waals surface area (Å²) in [6.07, 6.45) is 2.59. The zero-order valence-electron chi connectivity index (χ0n) is 10.8. The van der Waals surface area contributed by atoms with E-state index in [1.807, 2.05) is 19.1 Å². The molecule has 100 valence electrons. The second kappa shape index (κ2) is 6.73. The number of rotatable bonds is 5. The van der Waals surface area contributed by atoms with Crippen LogP contribution in [-0.4, -0.2) is 29.6 Å². The number of pyridine rings is 1. The molecule has 1 aliphatic heterocycles. The number of ether oxygens (including phenoxy) is 1. The average Bonchev–Trinajstić information content (AvgIpc) is 2.41. The fourth-order valence-electron chi connectivity index (χ4n) is 2.00. The van der Waals surface area contributed by atoms with Crippen LogP contribution in [0.3, 0.4) is 0 Å². The molecule has 0 spiro atoms. The first-order chi connectivity index (χ1) is 8.79. The van der Waals surface area contributed by atoms with Gasteiger partial charge in [-0.05, 0) is 49.3 Å². The van der Waals surface area contributed by atoms with Crippen molar-refractivity contribution >= 4 is 23.3 Å². The molecular weight excluding hydrogens is 246 g/mol. The van der Waals surface area contributed by atoms with Gasteiger partial charge in [0.1, 0.15) is 5.82 Å². The second-order valence-electron chi connectivity index (χ2n) is 4.46. The normalized spacial score (nSPS) is 16.5. The van der Waals surface area contributed by atoms with Gasteiger partial charge in [-0.2, -0.15) is 16.7 Å². The lowest BCUT2D eigenvalue weighted by atomic mass is 10.0. The van der Waals surface area contributed by atoms with Crippen molar-refractivity contribution in [3.05, 3.63) is 12.1 Å². The smallest absolute Gasteiger partial charge is 0.239 e. The van der Waals surface area contributed by atoms with Crippen LogP contribution in [0.25, 0.3) is 0 Å². The SMILES string of the molecule is CCOc1nc(NCC2CCSCC2)ccc1N. The zero-order chi connectivity index (χ0) is 12.8. The standard InChI is InChI=1S/C13H21N3OS/c1-2-17-13-11(14)3-4-12(16-13)15-9-10-5-7-18-8-6-10/h3-4,10H,2,5-9,14H2,1H3,(H,15,16). The molecule has 0 amide bonds. The number of aromatic nitrogens is 1. The van der Waals surface area contributed by atoms with E-state index in [0.717, 1.165) is 18.3 Å². The molecule has 0 aliphatic carbocycles. The van der Waals surface area contributed by atoms with Crippen molar-refractivity contribution < 1.29 is 4.74 Å². The van der Waals surface area contributed by atoms with Crippen molar-refractivity contribution in [3.63, 3.8) is 0 Å². The molecule has 1 fully saturated rings. The third kappa shape index (κ3) is 3.70. The molecule has 18 heavy (non-hydrogen) atoms. The maximum absolute atomic E-state index is 5.80. The van der Waals surface area contributed by atoms with Gasteiger partial charge < -0.3 is 15.8 Å². The highest BCUT2D eigenvalue weighted by Crippen LogP contribution is 2.24. The van der Waals surface area contributed by atoms with Crippen molar-refractivity contribution in [1.82, 2.24) is 4.98 Å². The van der Waals surface area contributed by atoms with Gasteiger partial charge in [0.2, 0.25) is 5.88 Å². The third-order valence-corrected chi connectivity index (χ3v) is 4.13. The van der Waals surface area contributed by atoms with Gasteiger partial charge in [0.15, 0.2) is 0 Å². The molecule has 1 aromatic rings. The lowest BCUT2D eigenvalue weighted by Gasteiger charge is -2.21. The first-order valence-electron chi connectivity index (χ1n) is 6.50. The summed E-state index contributed by atoms with van der Waals surface area (Å²) in [6.45, 7) is 3.50. The Hall–Kier alpha value is -1.10. The Kier molecular flexibility index (Phi) is 4.99. The molecule has 0 saturated carbocycles. The molecule has 0 atom stereocenters. The van der Waals surface area contributed by atoms with Crippen LogP contribution in [0.5, 0.6) is 5.88 Å². The van der Waals surface area contributed by atoms with Crippen LogP contribution in [0.15, 0.2) is 12.1 Å². The van der Waals surface area contributed by atoms with Gasteiger partial charge in [0.05, 0.1) is 12.3 Å². The monoisotopic (exact) mass is 267 g/mol. The average molecular weight is 267 g/mol. The fraction of sp³-hybridized carbons (Fsp3) is 0.615. The summed E-state index contributed by atoms with van der Waals surface area (Å²) in [6, 6.07) is 3.76. The summed E-state index contributed by atoms with van der Waals surface area (Å²) < 4.78 is 5.39. The number of hydrogen-bond acceptors (Lipinski definition) is 5. The van der Waals surface area contributed by atoms with Crippen LogP contribution in [0.2, 0.25) is 0 Å². The lowest BCUT2D eigenvalue weighted by Crippen LogP contribution is -2.19. The van der Waals surface area contributed by atoms with E-state index in [-0.39, 0.29) is 0 Å². The molecule has 0 bridgehead atoms. The summed E-state index contributed by atoms with van der Waals surface area (Å²) in [5.74, 6) is 4.71. The molecule has 3 N–H and O–H groups in total. The number of nitrogens with one attached hydrogen (secondary N) is 1. The summed E-state index contributed by atoms with van der Waals surface area (Å²) in [5.41, 5.74) is 6.39. The Morgan fingerprint density at radius 2 is 2.22 bits per heavy atom. The molecule has 0 unspecified atom stereocenters. The Balaban J connectivity index is 1.90. The van der Waals surface area contributed by atoms with Crippen LogP contribution in [-0.2, 0) is 0 Å². The fourth-order valence-corrected chi connectivity index (χ4v) is 3.21. The number of anilines is 2. The molecule has 1 saturated heterocycles. The van der Waals surface area contributed by atoms with Gasteiger partial charge in [0.25, 0.3) is 0 Å². The van der Waals surface area contributed by atoms with Crippen LogP contribution in [0, 0.1) is 5.92 Å². The van der Waals surface area contributed by atoms with E-state index in [4.69, 9.17) is 10.5 Å². The van der Waals surface area contributed by atoms with E-state index in [1.165, 1.54) is 24.3 Å². The molecule has 2 rings (SSSR count). The minimum absolute atomic E-state index is 0.529. The minimum Gasteiger partial charge on any atom is -0.476 e. The topological polar surface area (TPSA) is 60.2 Å². The highest BCUT2D eigenvalue weighted by molar-refractivity contribution is 7.99. The van der Waals surface area contributed by atoms with E-state index >= 15 is 0 Å². The molecule has 0 aromatic carbocycles. The Bertz CT molecular complexity index is 380. The second-order valence-corrected chi connectivity index (χ2v) is 5.69. The number of nitrogens with zero attached hydrogens (tertiary/aromatic N) is 1. The van der Waals surface area contributed by atoms with Gasteiger partial charge in [-0.1, -0.05) is 0 Å². The van der Waals surface area contributed by atoms with E-state index < -0.39 is 0 Å². The van der Waals surface area contributed by atoms with Crippen molar-refractivity contribution in [2.24, 2.45) is 5.92 Å². The van der Waals surface area contributed by atoms with Crippen molar-refractivity contribution in [3.8, 4) is 5.88 Å². The third-order valence-electron chi connectivity index (χ3n) is 3.08. The van der Waals surface area contributed by atoms with E-state index in [2.05, 4.69) is 22.1 Å². The molecule has 1 aromatic heterocycles. The quantitative estimate of drug-likeness (QED) is 0.858.